The number of benzene rings is 2. The van der Waals surface area contributed by atoms with Gasteiger partial charge in [0, 0.05) is 30.7 Å². The number of hydrogen-bond acceptors (Lipinski definition) is 4. The molecule has 0 bridgehead atoms. The summed E-state index contributed by atoms with van der Waals surface area (Å²) in [5.74, 6) is -3.02. The summed E-state index contributed by atoms with van der Waals surface area (Å²) in [7, 11) is 0. The highest BCUT2D eigenvalue weighted by molar-refractivity contribution is 6.32. The van der Waals surface area contributed by atoms with Crippen LogP contribution in [-0.2, 0) is 20.9 Å². The Balaban J connectivity index is 0.000000454. The normalized spacial score (nSPS) is 14.2. The largest absolute Gasteiger partial charge is 0.473 e. The number of carbonyl (C=O) groups is 3. The molecule has 0 saturated carbocycles. The summed E-state index contributed by atoms with van der Waals surface area (Å²) < 4.78 is 2.23. The van der Waals surface area contributed by atoms with Gasteiger partial charge in [-0.15, -0.1) is 0 Å². The highest BCUT2D eigenvalue weighted by atomic mass is 35.5. The molecule has 1 saturated heterocycles. The second-order valence-corrected chi connectivity index (χ2v) is 8.03. The van der Waals surface area contributed by atoms with Gasteiger partial charge in [-0.05, 0) is 48.6 Å². The lowest BCUT2D eigenvalue weighted by Crippen LogP contribution is -2.38. The van der Waals surface area contributed by atoms with E-state index in [1.807, 2.05) is 53.7 Å². The molecule has 8 nitrogen and oxygen atoms in total. The summed E-state index contributed by atoms with van der Waals surface area (Å²) in [4.78, 5) is 37.1. The molecule has 0 spiro atoms. The number of nitrogens with zero attached hydrogens (tertiary/aromatic N) is 3. The maximum atomic E-state index is 12.5. The number of rotatable bonds is 4. The number of carboxylic acid groups (broad SMARTS) is 2. The Hall–Kier alpha value is -3.65. The molecule has 2 N–H and O–H groups in total. The molecular formula is C24H24ClN3O5. The van der Waals surface area contributed by atoms with Crippen LogP contribution in [0.3, 0.4) is 0 Å². The van der Waals surface area contributed by atoms with E-state index in [0.717, 1.165) is 43.6 Å². The molecule has 1 amide bonds. The molecule has 1 aliphatic heterocycles. The first-order chi connectivity index (χ1) is 15.8. The van der Waals surface area contributed by atoms with Gasteiger partial charge < -0.3 is 19.7 Å². The molecule has 1 aliphatic rings. The molecule has 33 heavy (non-hydrogen) atoms. The molecular weight excluding hydrogens is 446 g/mol. The van der Waals surface area contributed by atoms with Gasteiger partial charge in [0.15, 0.2) is 0 Å². The lowest BCUT2D eigenvalue weighted by molar-refractivity contribution is -0.159. The second-order valence-electron chi connectivity index (χ2n) is 7.62. The van der Waals surface area contributed by atoms with E-state index in [1.54, 1.807) is 12.2 Å². The molecule has 0 unspecified atom stereocenters. The quantitative estimate of drug-likeness (QED) is 0.444. The standard InChI is InChI=1S/C22H22ClN3O.C2H2O4/c23-19-6-2-1-5-18(19)9-10-22(27)25-13-11-17(12-14-25)15-26-16-24-20-7-3-4-8-21(20)26;3-1(4)2(5)6/h1-10,16-17H,11-15H2;(H,3,4)(H,5,6). The maximum Gasteiger partial charge on any atom is 0.414 e. The van der Waals surface area contributed by atoms with Crippen molar-refractivity contribution in [3.8, 4) is 0 Å². The van der Waals surface area contributed by atoms with E-state index in [9.17, 15) is 4.79 Å². The summed E-state index contributed by atoms with van der Waals surface area (Å²) in [6, 6.07) is 15.8. The number of carboxylic acids is 2. The Morgan fingerprint density at radius 2 is 1.64 bits per heavy atom. The van der Waals surface area contributed by atoms with Crippen molar-refractivity contribution in [3.05, 3.63) is 71.5 Å². The third kappa shape index (κ3) is 6.66. The minimum absolute atomic E-state index is 0.0569. The average molecular weight is 470 g/mol. The van der Waals surface area contributed by atoms with E-state index in [-0.39, 0.29) is 5.91 Å². The van der Waals surface area contributed by atoms with Crippen molar-refractivity contribution < 1.29 is 24.6 Å². The number of aromatic nitrogens is 2. The van der Waals surface area contributed by atoms with Crippen molar-refractivity contribution in [1.82, 2.24) is 14.5 Å². The Morgan fingerprint density at radius 3 is 2.30 bits per heavy atom. The number of fused-ring (bicyclic) bond motifs is 1. The smallest absolute Gasteiger partial charge is 0.414 e. The van der Waals surface area contributed by atoms with E-state index in [2.05, 4.69) is 15.6 Å². The zero-order chi connectivity index (χ0) is 23.8. The fourth-order valence-electron chi connectivity index (χ4n) is 3.65. The Kier molecular flexibility index (Phi) is 8.21. The van der Waals surface area contributed by atoms with E-state index < -0.39 is 11.9 Å². The molecule has 0 radical (unpaired) electrons. The van der Waals surface area contributed by atoms with Crippen molar-refractivity contribution in [3.63, 3.8) is 0 Å². The zero-order valence-electron chi connectivity index (χ0n) is 17.8. The molecule has 1 aromatic heterocycles. The number of hydrogen-bond donors (Lipinski definition) is 2. The van der Waals surface area contributed by atoms with Crippen molar-refractivity contribution in [2.75, 3.05) is 13.1 Å². The predicted octanol–water partition coefficient (Wildman–Crippen LogP) is 3.80. The van der Waals surface area contributed by atoms with E-state index >= 15 is 0 Å². The number of aliphatic carboxylic acids is 2. The first kappa shape index (κ1) is 24.0. The molecule has 4 rings (SSSR count). The van der Waals surface area contributed by atoms with E-state index in [1.165, 1.54) is 5.52 Å². The third-order valence-corrected chi connectivity index (χ3v) is 5.75. The van der Waals surface area contributed by atoms with Crippen LogP contribution in [0.2, 0.25) is 5.02 Å². The number of imidazole rings is 1. The summed E-state index contributed by atoms with van der Waals surface area (Å²) >= 11 is 6.14. The number of halogens is 1. The molecule has 9 heteroatoms. The van der Waals surface area contributed by atoms with Crippen LogP contribution >= 0.6 is 11.6 Å². The van der Waals surface area contributed by atoms with E-state index in [0.29, 0.717) is 10.9 Å². The van der Waals surface area contributed by atoms with Gasteiger partial charge in [-0.25, -0.2) is 14.6 Å². The fraction of sp³-hybridized carbons (Fsp3) is 0.250. The first-order valence-corrected chi connectivity index (χ1v) is 10.8. The summed E-state index contributed by atoms with van der Waals surface area (Å²) in [6.07, 6.45) is 7.38. The van der Waals surface area contributed by atoms with Crippen LogP contribution in [0.4, 0.5) is 0 Å². The third-order valence-electron chi connectivity index (χ3n) is 5.40. The highest BCUT2D eigenvalue weighted by Gasteiger charge is 2.22. The predicted molar refractivity (Wildman–Crippen MR) is 125 cm³/mol. The lowest BCUT2D eigenvalue weighted by atomic mass is 9.96. The van der Waals surface area contributed by atoms with Gasteiger partial charge in [-0.2, -0.15) is 0 Å². The van der Waals surface area contributed by atoms with Gasteiger partial charge in [-0.3, -0.25) is 4.79 Å². The van der Waals surface area contributed by atoms with Gasteiger partial charge in [-0.1, -0.05) is 41.9 Å². The van der Waals surface area contributed by atoms with Crippen molar-refractivity contribution in [2.45, 2.75) is 19.4 Å². The number of para-hydroxylation sites is 2. The van der Waals surface area contributed by atoms with Crippen LogP contribution < -0.4 is 0 Å². The molecule has 172 valence electrons. The molecule has 2 heterocycles. The van der Waals surface area contributed by atoms with Crippen LogP contribution in [0.5, 0.6) is 0 Å². The molecule has 0 atom stereocenters. The fourth-order valence-corrected chi connectivity index (χ4v) is 3.85. The van der Waals surface area contributed by atoms with Gasteiger partial charge in [0.05, 0.1) is 17.4 Å². The zero-order valence-corrected chi connectivity index (χ0v) is 18.6. The number of amides is 1. The Morgan fingerprint density at radius 1 is 1.00 bits per heavy atom. The molecule has 1 fully saturated rings. The first-order valence-electron chi connectivity index (χ1n) is 10.4. The number of piperidine rings is 1. The van der Waals surface area contributed by atoms with Crippen LogP contribution in [0.15, 0.2) is 60.9 Å². The average Bonchev–Trinajstić information content (AvgIpc) is 3.22. The van der Waals surface area contributed by atoms with Crippen molar-refractivity contribution >= 4 is 46.6 Å². The van der Waals surface area contributed by atoms with Gasteiger partial charge in [0.2, 0.25) is 5.91 Å². The Labute approximate surface area is 195 Å². The summed E-state index contributed by atoms with van der Waals surface area (Å²) in [6.45, 7) is 2.55. The molecule has 3 aromatic rings. The van der Waals surface area contributed by atoms with Crippen LogP contribution in [0.1, 0.15) is 18.4 Å². The van der Waals surface area contributed by atoms with E-state index in [4.69, 9.17) is 31.4 Å². The monoisotopic (exact) mass is 469 g/mol. The molecule has 0 aliphatic carbocycles. The van der Waals surface area contributed by atoms with Gasteiger partial charge >= 0.3 is 11.9 Å². The maximum absolute atomic E-state index is 12.5. The second kappa shape index (κ2) is 11.3. The van der Waals surface area contributed by atoms with Crippen molar-refractivity contribution in [2.24, 2.45) is 5.92 Å². The number of likely N-dealkylation sites (tertiary alicyclic amines) is 1. The lowest BCUT2D eigenvalue weighted by Gasteiger charge is -2.31. The highest BCUT2D eigenvalue weighted by Crippen LogP contribution is 2.22. The van der Waals surface area contributed by atoms with Gasteiger partial charge in [0.1, 0.15) is 0 Å². The van der Waals surface area contributed by atoms with Crippen LogP contribution in [0.25, 0.3) is 17.1 Å². The van der Waals surface area contributed by atoms with Crippen LogP contribution in [0, 0.1) is 5.92 Å². The minimum Gasteiger partial charge on any atom is -0.473 e. The Bertz CT molecular complexity index is 1150. The minimum atomic E-state index is -1.82. The topological polar surface area (TPSA) is 113 Å². The summed E-state index contributed by atoms with van der Waals surface area (Å²) in [5.41, 5.74) is 3.09. The van der Waals surface area contributed by atoms with Gasteiger partial charge in [0.25, 0.3) is 0 Å². The number of carbonyl (C=O) groups excluding carboxylic acids is 1. The van der Waals surface area contributed by atoms with Crippen molar-refractivity contribution in [1.29, 1.82) is 0 Å². The molecule has 2 aromatic carbocycles. The SMILES string of the molecule is O=C(C=Cc1ccccc1Cl)N1CCC(Cn2cnc3ccccc32)CC1.O=C(O)C(=O)O. The summed E-state index contributed by atoms with van der Waals surface area (Å²) in [5, 5.41) is 15.4. The van der Waals surface area contributed by atoms with Crippen LogP contribution in [-0.4, -0.2) is 55.6 Å².